The molecule has 1 aromatic rings. The molecule has 0 aromatic heterocycles. The van der Waals surface area contributed by atoms with Crippen LogP contribution in [0.2, 0.25) is 0 Å². The van der Waals surface area contributed by atoms with Crippen molar-refractivity contribution in [1.82, 2.24) is 4.90 Å². The van der Waals surface area contributed by atoms with Crippen molar-refractivity contribution >= 4 is 0 Å². The topological polar surface area (TPSA) is 47.7 Å². The predicted molar refractivity (Wildman–Crippen MR) is 80.8 cm³/mol. The molecule has 2 N–H and O–H groups in total. The summed E-state index contributed by atoms with van der Waals surface area (Å²) in [6.45, 7) is 3.28. The lowest BCUT2D eigenvalue weighted by molar-refractivity contribution is 0.0320. The van der Waals surface area contributed by atoms with Gasteiger partial charge in [0.2, 0.25) is 0 Å². The molecule has 1 aliphatic heterocycles. The first-order chi connectivity index (χ1) is 9.76. The minimum Gasteiger partial charge on any atom is -0.496 e. The first-order valence-corrected chi connectivity index (χ1v) is 7.36. The minimum atomic E-state index is 0.406. The molecule has 1 unspecified atom stereocenters. The molecule has 1 aromatic carbocycles. The first-order valence-electron chi connectivity index (χ1n) is 7.36. The molecule has 1 aliphatic rings. The van der Waals surface area contributed by atoms with Crippen LogP contribution in [0.15, 0.2) is 24.3 Å². The van der Waals surface area contributed by atoms with E-state index in [1.807, 2.05) is 12.1 Å². The fourth-order valence-corrected chi connectivity index (χ4v) is 3.05. The van der Waals surface area contributed by atoms with E-state index in [-0.39, 0.29) is 0 Å². The SMILES string of the molecule is COc1ccccc1CN(C)C(CN)C1CCOCC1. The van der Waals surface area contributed by atoms with E-state index in [9.17, 15) is 0 Å². The standard InChI is InChI=1S/C16H26N2O2/c1-18(12-14-5-3-4-6-16(14)19-2)15(11-17)13-7-9-20-10-8-13/h3-6,13,15H,7-12,17H2,1-2H3. The number of likely N-dealkylation sites (N-methyl/N-ethyl adjacent to an activating group) is 1. The highest BCUT2D eigenvalue weighted by Crippen LogP contribution is 2.25. The Hall–Kier alpha value is -1.10. The van der Waals surface area contributed by atoms with E-state index in [0.717, 1.165) is 38.3 Å². The number of para-hydroxylation sites is 1. The van der Waals surface area contributed by atoms with Crippen molar-refractivity contribution in [2.45, 2.75) is 25.4 Å². The zero-order valence-electron chi connectivity index (χ0n) is 12.5. The van der Waals surface area contributed by atoms with Gasteiger partial charge in [0.05, 0.1) is 7.11 Å². The summed E-state index contributed by atoms with van der Waals surface area (Å²) in [5.74, 6) is 1.58. The van der Waals surface area contributed by atoms with E-state index in [0.29, 0.717) is 18.5 Å². The highest BCUT2D eigenvalue weighted by atomic mass is 16.5. The Morgan fingerprint density at radius 2 is 2.05 bits per heavy atom. The Bertz CT molecular complexity index is 405. The van der Waals surface area contributed by atoms with Gasteiger partial charge in [-0.25, -0.2) is 0 Å². The Morgan fingerprint density at radius 1 is 1.35 bits per heavy atom. The maximum absolute atomic E-state index is 6.02. The quantitative estimate of drug-likeness (QED) is 0.863. The summed E-state index contributed by atoms with van der Waals surface area (Å²) in [7, 11) is 3.87. The van der Waals surface area contributed by atoms with Gasteiger partial charge >= 0.3 is 0 Å². The van der Waals surface area contributed by atoms with Crippen LogP contribution in [0.5, 0.6) is 5.75 Å². The molecule has 0 spiro atoms. The maximum Gasteiger partial charge on any atom is 0.123 e. The van der Waals surface area contributed by atoms with Crippen LogP contribution < -0.4 is 10.5 Å². The van der Waals surface area contributed by atoms with Crippen LogP contribution in [0.3, 0.4) is 0 Å². The molecule has 112 valence electrons. The molecule has 0 radical (unpaired) electrons. The van der Waals surface area contributed by atoms with Gasteiger partial charge in [-0.15, -0.1) is 0 Å². The highest BCUT2D eigenvalue weighted by molar-refractivity contribution is 5.33. The van der Waals surface area contributed by atoms with Crippen molar-refractivity contribution in [3.8, 4) is 5.75 Å². The average molecular weight is 278 g/mol. The van der Waals surface area contributed by atoms with Gasteiger partial charge in [0, 0.05) is 37.9 Å². The van der Waals surface area contributed by atoms with Crippen LogP contribution in [0.1, 0.15) is 18.4 Å². The third-order valence-corrected chi connectivity index (χ3v) is 4.23. The number of nitrogens with two attached hydrogens (primary N) is 1. The van der Waals surface area contributed by atoms with Crippen LogP contribution in [0.25, 0.3) is 0 Å². The number of rotatable bonds is 6. The molecule has 0 amide bonds. The fourth-order valence-electron chi connectivity index (χ4n) is 3.05. The van der Waals surface area contributed by atoms with Gasteiger partial charge in [-0.2, -0.15) is 0 Å². The summed E-state index contributed by atoms with van der Waals surface area (Å²) >= 11 is 0. The van der Waals surface area contributed by atoms with Crippen molar-refractivity contribution < 1.29 is 9.47 Å². The van der Waals surface area contributed by atoms with Crippen molar-refractivity contribution in [3.05, 3.63) is 29.8 Å². The van der Waals surface area contributed by atoms with Crippen LogP contribution in [-0.2, 0) is 11.3 Å². The second kappa shape index (κ2) is 7.62. The Kier molecular flexibility index (Phi) is 5.83. The smallest absolute Gasteiger partial charge is 0.123 e. The average Bonchev–Trinajstić information content (AvgIpc) is 2.49. The Balaban J connectivity index is 2.02. The van der Waals surface area contributed by atoms with Gasteiger partial charge in [0.15, 0.2) is 0 Å². The normalized spacial score (nSPS) is 18.2. The lowest BCUT2D eigenvalue weighted by atomic mass is 9.90. The van der Waals surface area contributed by atoms with Crippen LogP contribution in [0.4, 0.5) is 0 Å². The maximum atomic E-state index is 6.02. The zero-order valence-corrected chi connectivity index (χ0v) is 12.5. The molecule has 0 aliphatic carbocycles. The molecule has 1 saturated heterocycles. The second-order valence-electron chi connectivity index (χ2n) is 5.48. The minimum absolute atomic E-state index is 0.406. The molecule has 1 fully saturated rings. The molecule has 4 nitrogen and oxygen atoms in total. The van der Waals surface area contributed by atoms with Crippen molar-refractivity contribution in [2.24, 2.45) is 11.7 Å². The lowest BCUT2D eigenvalue weighted by Gasteiger charge is -2.36. The number of ether oxygens (including phenoxy) is 2. The molecule has 4 heteroatoms. The van der Waals surface area contributed by atoms with Crippen molar-refractivity contribution in [2.75, 3.05) is 33.9 Å². The summed E-state index contributed by atoms with van der Waals surface area (Å²) in [5, 5.41) is 0. The summed E-state index contributed by atoms with van der Waals surface area (Å²) in [6, 6.07) is 8.59. The van der Waals surface area contributed by atoms with Gasteiger partial charge in [0.25, 0.3) is 0 Å². The van der Waals surface area contributed by atoms with E-state index in [1.54, 1.807) is 7.11 Å². The fraction of sp³-hybridized carbons (Fsp3) is 0.625. The van der Waals surface area contributed by atoms with Gasteiger partial charge in [-0.05, 0) is 31.9 Å². The van der Waals surface area contributed by atoms with E-state index in [1.165, 1.54) is 5.56 Å². The third-order valence-electron chi connectivity index (χ3n) is 4.23. The molecule has 20 heavy (non-hydrogen) atoms. The van der Waals surface area contributed by atoms with Crippen molar-refractivity contribution in [3.63, 3.8) is 0 Å². The molecular formula is C16H26N2O2. The van der Waals surface area contributed by atoms with Crippen molar-refractivity contribution in [1.29, 1.82) is 0 Å². The molecular weight excluding hydrogens is 252 g/mol. The molecule has 0 saturated carbocycles. The zero-order chi connectivity index (χ0) is 14.4. The van der Waals surface area contributed by atoms with E-state index in [2.05, 4.69) is 24.1 Å². The molecule has 0 bridgehead atoms. The monoisotopic (exact) mass is 278 g/mol. The molecule has 1 heterocycles. The second-order valence-corrected chi connectivity index (χ2v) is 5.48. The molecule has 2 rings (SSSR count). The van der Waals surface area contributed by atoms with E-state index < -0.39 is 0 Å². The molecule has 1 atom stereocenters. The number of hydrogen-bond acceptors (Lipinski definition) is 4. The predicted octanol–water partition coefficient (Wildman–Crippen LogP) is 1.88. The number of methoxy groups -OCH3 is 1. The van der Waals surface area contributed by atoms with E-state index in [4.69, 9.17) is 15.2 Å². The number of benzene rings is 1. The van der Waals surface area contributed by atoms with Gasteiger partial charge in [0.1, 0.15) is 5.75 Å². The number of hydrogen-bond donors (Lipinski definition) is 1. The van der Waals surface area contributed by atoms with Gasteiger partial charge in [-0.3, -0.25) is 4.90 Å². The van der Waals surface area contributed by atoms with E-state index >= 15 is 0 Å². The highest BCUT2D eigenvalue weighted by Gasteiger charge is 2.26. The Morgan fingerprint density at radius 3 is 2.70 bits per heavy atom. The summed E-state index contributed by atoms with van der Waals surface area (Å²) in [4.78, 5) is 2.36. The van der Waals surface area contributed by atoms with Crippen LogP contribution in [-0.4, -0.2) is 44.9 Å². The lowest BCUT2D eigenvalue weighted by Crippen LogP contribution is -2.45. The van der Waals surface area contributed by atoms with Crippen LogP contribution in [0, 0.1) is 5.92 Å². The largest absolute Gasteiger partial charge is 0.496 e. The van der Waals surface area contributed by atoms with Crippen LogP contribution >= 0.6 is 0 Å². The van der Waals surface area contributed by atoms with Gasteiger partial charge < -0.3 is 15.2 Å². The van der Waals surface area contributed by atoms with Gasteiger partial charge in [-0.1, -0.05) is 18.2 Å². The summed E-state index contributed by atoms with van der Waals surface area (Å²) in [6.07, 6.45) is 2.22. The summed E-state index contributed by atoms with van der Waals surface area (Å²) in [5.41, 5.74) is 7.23. The summed E-state index contributed by atoms with van der Waals surface area (Å²) < 4.78 is 10.9. The number of nitrogens with zero attached hydrogens (tertiary/aromatic N) is 1. The third kappa shape index (κ3) is 3.72. The first kappa shape index (κ1) is 15.3. The Labute approximate surface area is 121 Å².